The Bertz CT molecular complexity index is 365. The highest BCUT2D eigenvalue weighted by Crippen LogP contribution is 2.22. The number of para-hydroxylation sites is 1. The number of hydrogen-bond donors (Lipinski definition) is 1. The van der Waals surface area contributed by atoms with Crippen LogP contribution in [0.25, 0.3) is 0 Å². The van der Waals surface area contributed by atoms with E-state index in [1.807, 2.05) is 0 Å². The van der Waals surface area contributed by atoms with E-state index in [1.165, 1.54) is 12.1 Å². The van der Waals surface area contributed by atoms with Crippen molar-refractivity contribution in [2.75, 3.05) is 11.5 Å². The fourth-order valence-electron chi connectivity index (χ4n) is 1.01. The maximum Gasteiger partial charge on any atom is 0.390 e. The molecule has 0 saturated carbocycles. The number of alkyl halides is 3. The maximum absolute atomic E-state index is 11.9. The van der Waals surface area contributed by atoms with Crippen LogP contribution in [0.2, 0.25) is 0 Å². The lowest BCUT2D eigenvalue weighted by Gasteiger charge is -2.07. The summed E-state index contributed by atoms with van der Waals surface area (Å²) < 4.78 is 47.0. The quantitative estimate of drug-likeness (QED) is 0.820. The van der Waals surface area contributed by atoms with E-state index in [9.17, 15) is 17.4 Å². The van der Waals surface area contributed by atoms with E-state index in [0.717, 1.165) is 0 Å². The third-order valence-corrected chi connectivity index (χ3v) is 3.17. The second kappa shape index (κ2) is 4.65. The molecule has 2 nitrogen and oxygen atoms in total. The van der Waals surface area contributed by atoms with Crippen molar-refractivity contribution < 1.29 is 17.4 Å². The first-order valence-electron chi connectivity index (χ1n) is 4.20. The summed E-state index contributed by atoms with van der Waals surface area (Å²) in [4.78, 5) is 0.266. The van der Waals surface area contributed by atoms with Crippen LogP contribution in [0.4, 0.5) is 18.9 Å². The smallest absolute Gasteiger partial charge is 0.390 e. The lowest BCUT2D eigenvalue weighted by molar-refractivity contribution is -0.129. The molecule has 1 unspecified atom stereocenters. The van der Waals surface area contributed by atoms with Crippen molar-refractivity contribution in [3.8, 4) is 0 Å². The molecule has 0 saturated heterocycles. The summed E-state index contributed by atoms with van der Waals surface area (Å²) in [5.74, 6) is -0.447. The molecule has 0 amide bonds. The third kappa shape index (κ3) is 3.91. The van der Waals surface area contributed by atoms with Gasteiger partial charge < -0.3 is 5.73 Å². The summed E-state index contributed by atoms with van der Waals surface area (Å²) in [5.41, 5.74) is 5.75. The molecule has 0 spiro atoms. The molecule has 1 aromatic rings. The summed E-state index contributed by atoms with van der Waals surface area (Å²) in [6.45, 7) is 0. The van der Waals surface area contributed by atoms with Crippen molar-refractivity contribution in [3.05, 3.63) is 24.3 Å². The van der Waals surface area contributed by atoms with Crippen LogP contribution < -0.4 is 5.73 Å². The zero-order chi connectivity index (χ0) is 11.5. The van der Waals surface area contributed by atoms with Gasteiger partial charge in [-0.25, -0.2) is 0 Å². The van der Waals surface area contributed by atoms with E-state index in [4.69, 9.17) is 5.73 Å². The van der Waals surface area contributed by atoms with Crippen LogP contribution in [0.5, 0.6) is 0 Å². The Hall–Kier alpha value is -1.04. The van der Waals surface area contributed by atoms with Gasteiger partial charge in [0.2, 0.25) is 0 Å². The molecule has 0 aliphatic heterocycles. The fourth-order valence-corrected chi connectivity index (χ4v) is 2.20. The largest absolute Gasteiger partial charge is 0.398 e. The van der Waals surface area contributed by atoms with Crippen LogP contribution >= 0.6 is 0 Å². The van der Waals surface area contributed by atoms with Crippen LogP contribution in [-0.2, 0) is 10.8 Å². The van der Waals surface area contributed by atoms with Crippen molar-refractivity contribution in [3.63, 3.8) is 0 Å². The number of benzene rings is 1. The van der Waals surface area contributed by atoms with Gasteiger partial charge in [-0.2, -0.15) is 13.2 Å². The first kappa shape index (κ1) is 12.0. The standard InChI is InChI=1S/C9H10F3NOS/c10-9(11,12)5-6-15(14)8-4-2-1-3-7(8)13/h1-4H,5-6,13H2. The summed E-state index contributed by atoms with van der Waals surface area (Å²) >= 11 is 0. The Morgan fingerprint density at radius 3 is 2.40 bits per heavy atom. The van der Waals surface area contributed by atoms with Gasteiger partial charge in [0.05, 0.1) is 22.1 Å². The van der Waals surface area contributed by atoms with Crippen LogP contribution in [0, 0.1) is 0 Å². The van der Waals surface area contributed by atoms with E-state index in [-0.39, 0.29) is 10.6 Å². The lowest BCUT2D eigenvalue weighted by atomic mass is 10.3. The molecule has 0 aliphatic rings. The normalized spacial score (nSPS) is 13.8. The summed E-state index contributed by atoms with van der Waals surface area (Å²) in [7, 11) is -1.69. The van der Waals surface area contributed by atoms with Gasteiger partial charge in [0.1, 0.15) is 0 Å². The van der Waals surface area contributed by atoms with Gasteiger partial charge in [0.25, 0.3) is 0 Å². The molecule has 1 rings (SSSR count). The van der Waals surface area contributed by atoms with Crippen molar-refractivity contribution >= 4 is 16.5 Å². The van der Waals surface area contributed by atoms with E-state index in [0.29, 0.717) is 0 Å². The van der Waals surface area contributed by atoms with Gasteiger partial charge >= 0.3 is 6.18 Å². The van der Waals surface area contributed by atoms with Crippen LogP contribution in [0.1, 0.15) is 6.42 Å². The van der Waals surface area contributed by atoms with E-state index < -0.39 is 29.1 Å². The van der Waals surface area contributed by atoms with E-state index in [1.54, 1.807) is 12.1 Å². The molecule has 15 heavy (non-hydrogen) atoms. The molecule has 1 aromatic carbocycles. The first-order valence-corrected chi connectivity index (χ1v) is 5.51. The monoisotopic (exact) mass is 237 g/mol. The molecule has 0 aliphatic carbocycles. The van der Waals surface area contributed by atoms with Gasteiger partial charge in [-0.1, -0.05) is 12.1 Å². The molecule has 84 valence electrons. The van der Waals surface area contributed by atoms with Gasteiger partial charge in [0, 0.05) is 11.4 Å². The third-order valence-electron chi connectivity index (χ3n) is 1.74. The number of nitrogen functional groups attached to an aromatic ring is 1. The molecule has 0 heterocycles. The number of halogens is 3. The molecular formula is C9H10F3NOS. The molecule has 0 aromatic heterocycles. The predicted octanol–water partition coefficient (Wildman–Crippen LogP) is 2.33. The molecular weight excluding hydrogens is 227 g/mol. The molecule has 1 atom stereocenters. The second-order valence-corrected chi connectivity index (χ2v) is 4.49. The Kier molecular flexibility index (Phi) is 3.73. The second-order valence-electron chi connectivity index (χ2n) is 2.95. The average Bonchev–Trinajstić information content (AvgIpc) is 2.14. The SMILES string of the molecule is Nc1ccccc1S(=O)CCC(F)(F)F. The van der Waals surface area contributed by atoms with Crippen molar-refractivity contribution in [2.24, 2.45) is 0 Å². The summed E-state index contributed by atoms with van der Waals surface area (Å²) in [6, 6.07) is 6.22. The molecule has 2 N–H and O–H groups in total. The van der Waals surface area contributed by atoms with E-state index in [2.05, 4.69) is 0 Å². The zero-order valence-electron chi connectivity index (χ0n) is 7.75. The van der Waals surface area contributed by atoms with Crippen molar-refractivity contribution in [1.82, 2.24) is 0 Å². The topological polar surface area (TPSA) is 43.1 Å². The summed E-state index contributed by atoms with van der Waals surface area (Å²) in [5, 5.41) is 0. The molecule has 0 fully saturated rings. The van der Waals surface area contributed by atoms with Gasteiger partial charge in [-0.3, -0.25) is 4.21 Å². The van der Waals surface area contributed by atoms with Crippen molar-refractivity contribution in [2.45, 2.75) is 17.5 Å². The Morgan fingerprint density at radius 2 is 1.87 bits per heavy atom. The van der Waals surface area contributed by atoms with Gasteiger partial charge in [-0.05, 0) is 12.1 Å². The summed E-state index contributed by atoms with van der Waals surface area (Å²) in [6.07, 6.45) is -5.34. The number of hydrogen-bond acceptors (Lipinski definition) is 2. The minimum absolute atomic E-state index is 0.262. The van der Waals surface area contributed by atoms with Crippen LogP contribution in [0.3, 0.4) is 0 Å². The van der Waals surface area contributed by atoms with Gasteiger partial charge in [-0.15, -0.1) is 0 Å². The number of anilines is 1. The maximum atomic E-state index is 11.9. The van der Waals surface area contributed by atoms with Crippen LogP contribution in [-0.4, -0.2) is 16.1 Å². The predicted molar refractivity (Wildman–Crippen MR) is 52.8 cm³/mol. The van der Waals surface area contributed by atoms with Crippen molar-refractivity contribution in [1.29, 1.82) is 0 Å². The molecule has 6 heteroatoms. The molecule has 0 radical (unpaired) electrons. The molecule has 0 bridgehead atoms. The fraction of sp³-hybridized carbons (Fsp3) is 0.333. The minimum atomic E-state index is -4.28. The van der Waals surface area contributed by atoms with Crippen LogP contribution in [0.15, 0.2) is 29.2 Å². The zero-order valence-corrected chi connectivity index (χ0v) is 8.57. The Balaban J connectivity index is 2.66. The highest BCUT2D eigenvalue weighted by atomic mass is 32.2. The number of rotatable bonds is 3. The Labute approximate surface area is 87.7 Å². The van der Waals surface area contributed by atoms with Gasteiger partial charge in [0.15, 0.2) is 0 Å². The highest BCUT2D eigenvalue weighted by Gasteiger charge is 2.28. The van der Waals surface area contributed by atoms with E-state index >= 15 is 0 Å². The lowest BCUT2D eigenvalue weighted by Crippen LogP contribution is -2.13. The Morgan fingerprint density at radius 1 is 1.27 bits per heavy atom. The minimum Gasteiger partial charge on any atom is -0.398 e. The number of nitrogens with two attached hydrogens (primary N) is 1. The average molecular weight is 237 g/mol. The highest BCUT2D eigenvalue weighted by molar-refractivity contribution is 7.85. The first-order chi connectivity index (χ1) is 6.90.